The third kappa shape index (κ3) is 2.90. The highest BCUT2D eigenvalue weighted by atomic mass is 16.4. The summed E-state index contributed by atoms with van der Waals surface area (Å²) in [5.74, 6) is -1.32. The number of aliphatic hydroxyl groups excluding tert-OH is 1. The summed E-state index contributed by atoms with van der Waals surface area (Å²) in [5, 5.41) is 18.2. The highest BCUT2D eigenvalue weighted by molar-refractivity contribution is 5.85. The van der Waals surface area contributed by atoms with E-state index in [1.807, 2.05) is 0 Å². The van der Waals surface area contributed by atoms with Gasteiger partial charge in [-0.1, -0.05) is 0 Å². The number of likely N-dealkylation sites (tertiary alicyclic amines) is 1. The summed E-state index contributed by atoms with van der Waals surface area (Å²) in [7, 11) is 3.47. The molecule has 0 aromatic heterocycles. The van der Waals surface area contributed by atoms with Gasteiger partial charge in [0.25, 0.3) is 0 Å². The molecule has 1 aliphatic heterocycles. The van der Waals surface area contributed by atoms with Crippen molar-refractivity contribution in [2.24, 2.45) is 0 Å². The largest absolute Gasteiger partial charge is 0.480 e. The number of β-amino-alcohol motifs (C(OH)–C–C–N with tert-alkyl or cyclic N) is 1. The van der Waals surface area contributed by atoms with Crippen molar-refractivity contribution < 1.29 is 19.8 Å². The highest BCUT2D eigenvalue weighted by Crippen LogP contribution is 2.18. The molecule has 0 radical (unpaired) electrons. The van der Waals surface area contributed by atoms with Crippen LogP contribution in [0.5, 0.6) is 0 Å². The second-order valence-electron chi connectivity index (χ2n) is 4.03. The summed E-state index contributed by atoms with van der Waals surface area (Å²) in [4.78, 5) is 25.4. The lowest BCUT2D eigenvalue weighted by atomic mass is 10.2. The van der Waals surface area contributed by atoms with Crippen molar-refractivity contribution in [3.63, 3.8) is 0 Å². The number of carboxylic acid groups (broad SMARTS) is 1. The molecule has 1 fully saturated rings. The van der Waals surface area contributed by atoms with Gasteiger partial charge in [-0.05, 0) is 14.1 Å². The Labute approximate surface area is 88.1 Å². The number of hydrogen-bond donors (Lipinski definition) is 2. The zero-order chi connectivity index (χ0) is 11.6. The first-order chi connectivity index (χ1) is 6.91. The van der Waals surface area contributed by atoms with Gasteiger partial charge >= 0.3 is 5.97 Å². The molecule has 1 amide bonds. The van der Waals surface area contributed by atoms with Gasteiger partial charge in [0.1, 0.15) is 6.04 Å². The maximum absolute atomic E-state index is 11.6. The number of carbonyl (C=O) groups excluding carboxylic acids is 1. The van der Waals surface area contributed by atoms with Crippen molar-refractivity contribution in [3.8, 4) is 0 Å². The molecular formula is C9H16N2O4. The Kier molecular flexibility index (Phi) is 3.65. The minimum absolute atomic E-state index is 0.115. The number of hydrogen-bond acceptors (Lipinski definition) is 4. The van der Waals surface area contributed by atoms with E-state index >= 15 is 0 Å². The van der Waals surface area contributed by atoms with E-state index in [1.54, 1.807) is 19.0 Å². The molecule has 1 aliphatic rings. The Morgan fingerprint density at radius 1 is 1.47 bits per heavy atom. The first-order valence-electron chi connectivity index (χ1n) is 4.77. The normalized spacial score (nSPS) is 26.0. The molecule has 0 spiro atoms. The molecule has 1 heterocycles. The lowest BCUT2D eigenvalue weighted by Crippen LogP contribution is -2.44. The Morgan fingerprint density at radius 2 is 2.07 bits per heavy atom. The van der Waals surface area contributed by atoms with Crippen molar-refractivity contribution in [2.75, 3.05) is 27.2 Å². The summed E-state index contributed by atoms with van der Waals surface area (Å²) in [5.41, 5.74) is 0. The van der Waals surface area contributed by atoms with Crippen LogP contribution in [0.2, 0.25) is 0 Å². The zero-order valence-corrected chi connectivity index (χ0v) is 8.88. The van der Waals surface area contributed by atoms with Crippen LogP contribution in [-0.2, 0) is 9.59 Å². The first kappa shape index (κ1) is 11.9. The topological polar surface area (TPSA) is 81.1 Å². The maximum atomic E-state index is 11.6. The number of rotatable bonds is 3. The standard InChI is InChI=1S/C9H16N2O4/c1-10(2)5-8(13)11-4-6(12)3-7(11)9(14)15/h6-7,12H,3-5H2,1-2H3,(H,14,15)/t6-,7-/m1/s1. The molecule has 0 aromatic rings. The van der Waals surface area contributed by atoms with Gasteiger partial charge < -0.3 is 20.0 Å². The fourth-order valence-electron chi connectivity index (χ4n) is 1.68. The smallest absolute Gasteiger partial charge is 0.326 e. The third-order valence-corrected chi connectivity index (χ3v) is 2.34. The van der Waals surface area contributed by atoms with Gasteiger partial charge in [0.05, 0.1) is 12.6 Å². The van der Waals surface area contributed by atoms with Gasteiger partial charge in [0, 0.05) is 13.0 Å². The van der Waals surface area contributed by atoms with Crippen molar-refractivity contribution in [3.05, 3.63) is 0 Å². The Hall–Kier alpha value is -1.14. The summed E-state index contributed by atoms with van der Waals surface area (Å²) < 4.78 is 0. The molecule has 2 atom stereocenters. The van der Waals surface area contributed by atoms with Crippen LogP contribution in [0.25, 0.3) is 0 Å². The quantitative estimate of drug-likeness (QED) is 0.606. The van der Waals surface area contributed by atoms with Gasteiger partial charge in [-0.2, -0.15) is 0 Å². The van der Waals surface area contributed by atoms with Crippen molar-refractivity contribution in [1.82, 2.24) is 9.80 Å². The molecule has 0 aliphatic carbocycles. The number of likely N-dealkylation sites (N-methyl/N-ethyl adjacent to an activating group) is 1. The molecule has 0 unspecified atom stereocenters. The predicted molar refractivity (Wildman–Crippen MR) is 52.3 cm³/mol. The summed E-state index contributed by atoms with van der Waals surface area (Å²) in [6, 6.07) is -0.882. The Morgan fingerprint density at radius 3 is 2.53 bits per heavy atom. The van der Waals surface area contributed by atoms with Crippen LogP contribution in [0, 0.1) is 0 Å². The summed E-state index contributed by atoms with van der Waals surface area (Å²) >= 11 is 0. The van der Waals surface area contributed by atoms with Crippen molar-refractivity contribution >= 4 is 11.9 Å². The predicted octanol–water partition coefficient (Wildman–Crippen LogP) is -1.41. The van der Waals surface area contributed by atoms with Crippen LogP contribution < -0.4 is 0 Å². The number of nitrogens with zero attached hydrogens (tertiary/aromatic N) is 2. The number of aliphatic hydroxyl groups is 1. The highest BCUT2D eigenvalue weighted by Gasteiger charge is 2.38. The first-order valence-corrected chi connectivity index (χ1v) is 4.77. The van der Waals surface area contributed by atoms with Gasteiger partial charge in [-0.25, -0.2) is 4.79 Å². The number of carboxylic acids is 1. The number of aliphatic carboxylic acids is 1. The molecule has 0 saturated carbocycles. The summed E-state index contributed by atoms with van der Waals surface area (Å²) in [6.07, 6.45) is -0.605. The molecule has 15 heavy (non-hydrogen) atoms. The van der Waals surface area contributed by atoms with Gasteiger partial charge in [0.2, 0.25) is 5.91 Å². The fourth-order valence-corrected chi connectivity index (χ4v) is 1.68. The van der Waals surface area contributed by atoms with E-state index in [2.05, 4.69) is 0 Å². The lowest BCUT2D eigenvalue weighted by molar-refractivity contribution is -0.148. The monoisotopic (exact) mass is 216 g/mol. The van der Waals surface area contributed by atoms with Crippen LogP contribution in [0.1, 0.15) is 6.42 Å². The van der Waals surface area contributed by atoms with E-state index in [9.17, 15) is 14.7 Å². The SMILES string of the molecule is CN(C)CC(=O)N1C[C@H](O)C[C@@H]1C(=O)O. The number of amides is 1. The maximum Gasteiger partial charge on any atom is 0.326 e. The van der Waals surface area contributed by atoms with E-state index in [4.69, 9.17) is 5.11 Å². The van der Waals surface area contributed by atoms with Crippen molar-refractivity contribution in [2.45, 2.75) is 18.6 Å². The Balaban J connectivity index is 2.66. The van der Waals surface area contributed by atoms with Crippen LogP contribution >= 0.6 is 0 Å². The molecule has 1 saturated heterocycles. The molecule has 6 nitrogen and oxygen atoms in total. The van der Waals surface area contributed by atoms with Gasteiger partial charge in [0.15, 0.2) is 0 Å². The van der Waals surface area contributed by atoms with Crippen LogP contribution in [0.4, 0.5) is 0 Å². The number of carbonyl (C=O) groups is 2. The molecule has 6 heteroatoms. The minimum Gasteiger partial charge on any atom is -0.480 e. The molecule has 1 rings (SSSR count). The average molecular weight is 216 g/mol. The molecule has 86 valence electrons. The van der Waals surface area contributed by atoms with Gasteiger partial charge in [-0.15, -0.1) is 0 Å². The zero-order valence-electron chi connectivity index (χ0n) is 8.88. The second kappa shape index (κ2) is 4.59. The van der Waals surface area contributed by atoms with Crippen LogP contribution in [0.3, 0.4) is 0 Å². The molecular weight excluding hydrogens is 200 g/mol. The van der Waals surface area contributed by atoms with Crippen LogP contribution in [-0.4, -0.2) is 71.2 Å². The minimum atomic E-state index is -1.06. The van der Waals surface area contributed by atoms with Crippen LogP contribution in [0.15, 0.2) is 0 Å². The average Bonchev–Trinajstić information content (AvgIpc) is 2.46. The van der Waals surface area contributed by atoms with E-state index in [1.165, 1.54) is 4.90 Å². The lowest BCUT2D eigenvalue weighted by Gasteiger charge is -2.22. The molecule has 0 aromatic carbocycles. The Bertz CT molecular complexity index is 267. The van der Waals surface area contributed by atoms with Crippen molar-refractivity contribution in [1.29, 1.82) is 0 Å². The van der Waals surface area contributed by atoms with E-state index in [0.717, 1.165) is 0 Å². The van der Waals surface area contributed by atoms with E-state index < -0.39 is 18.1 Å². The second-order valence-corrected chi connectivity index (χ2v) is 4.03. The molecule has 0 bridgehead atoms. The van der Waals surface area contributed by atoms with Gasteiger partial charge in [-0.3, -0.25) is 4.79 Å². The molecule has 2 N–H and O–H groups in total. The van der Waals surface area contributed by atoms with E-state index in [-0.39, 0.29) is 25.4 Å². The van der Waals surface area contributed by atoms with E-state index in [0.29, 0.717) is 0 Å². The summed E-state index contributed by atoms with van der Waals surface area (Å²) in [6.45, 7) is 0.278. The third-order valence-electron chi connectivity index (χ3n) is 2.34. The fraction of sp³-hybridized carbons (Fsp3) is 0.778.